The maximum Gasteiger partial charge on any atom is 0.328 e. The van der Waals surface area contributed by atoms with Gasteiger partial charge in [-0.2, -0.15) is 0 Å². The lowest BCUT2D eigenvalue weighted by molar-refractivity contribution is -0.148. The summed E-state index contributed by atoms with van der Waals surface area (Å²) in [5, 5.41) is 4.54. The van der Waals surface area contributed by atoms with Crippen molar-refractivity contribution in [2.45, 2.75) is 70.0 Å². The van der Waals surface area contributed by atoms with Gasteiger partial charge in [0, 0.05) is 80.8 Å². The van der Waals surface area contributed by atoms with E-state index in [-0.39, 0.29) is 54.4 Å². The molecule has 6 N–H and O–H groups in total. The van der Waals surface area contributed by atoms with Gasteiger partial charge in [0.05, 0.1) is 36.1 Å². The first kappa shape index (κ1) is 39.2. The van der Waals surface area contributed by atoms with Crippen molar-refractivity contribution in [2.75, 3.05) is 72.6 Å². The molecule has 4 atom stereocenters. The van der Waals surface area contributed by atoms with Gasteiger partial charge in [-0.1, -0.05) is 55.5 Å². The van der Waals surface area contributed by atoms with Crippen LogP contribution in [0.15, 0.2) is 97.0 Å². The van der Waals surface area contributed by atoms with E-state index in [0.29, 0.717) is 54.6 Å². The van der Waals surface area contributed by atoms with Gasteiger partial charge in [0.2, 0.25) is 11.8 Å². The van der Waals surface area contributed by atoms with Crippen LogP contribution in [-0.4, -0.2) is 111 Å². The second-order valence-electron chi connectivity index (χ2n) is 14.3. The van der Waals surface area contributed by atoms with E-state index in [2.05, 4.69) is 15.4 Å². The van der Waals surface area contributed by atoms with Crippen molar-refractivity contribution in [1.29, 1.82) is 0 Å². The average Bonchev–Trinajstić information content (AvgIpc) is 3.34. The Morgan fingerprint density at radius 2 is 1.00 bits per heavy atom. The maximum atomic E-state index is 13.4. The number of nitrogens with two attached hydrogens (primary N) is 2. The molecule has 0 radical (unpaired) electrons. The number of ether oxygens (including phenoxy) is 2. The Hall–Kier alpha value is -4.70. The number of nitrogens with zero attached hydrogens (tertiary/aromatic N) is 2. The summed E-state index contributed by atoms with van der Waals surface area (Å²) in [6.45, 7) is -7.00. The van der Waals surface area contributed by atoms with Gasteiger partial charge in [-0.05, 0) is 96.8 Å². The summed E-state index contributed by atoms with van der Waals surface area (Å²) in [6.07, 6.45) is -3.90. The Kier molecular flexibility index (Phi) is 18.3. The number of anilines is 2. The second kappa shape index (κ2) is 31.4. The van der Waals surface area contributed by atoms with E-state index >= 15 is 0 Å². The molecule has 4 rings (SSSR count). The van der Waals surface area contributed by atoms with Crippen LogP contribution in [0.2, 0.25) is 0 Å². The van der Waals surface area contributed by atoms with Crippen LogP contribution in [0.4, 0.5) is 20.2 Å². The van der Waals surface area contributed by atoms with E-state index < -0.39 is 92.3 Å². The summed E-state index contributed by atoms with van der Waals surface area (Å²) in [5.41, 5.74) is 14.6. The summed E-state index contributed by atoms with van der Waals surface area (Å²) in [7, 11) is 0. The first-order valence-electron chi connectivity index (χ1n) is 27.1. The molecule has 4 aromatic carbocycles. The zero-order chi connectivity index (χ0) is 60.6. The highest BCUT2D eigenvalue weighted by molar-refractivity contribution is 6.19. The minimum Gasteiger partial charge on any atom is -0.464 e. The molecule has 0 spiro atoms. The first-order valence-corrected chi connectivity index (χ1v) is 22.7. The van der Waals surface area contributed by atoms with Crippen molar-refractivity contribution in [3.63, 3.8) is 0 Å². The van der Waals surface area contributed by atoms with Crippen molar-refractivity contribution in [3.05, 3.63) is 131 Å². The molecule has 0 aromatic heterocycles. The highest BCUT2D eigenvalue weighted by atomic mass is 35.5. The number of hydrogen-bond acceptors (Lipinski definition) is 10. The topological polar surface area (TPSA) is 169 Å². The molecule has 0 aliphatic rings. The lowest BCUT2D eigenvalue weighted by Crippen LogP contribution is -2.50. The zero-order valence-electron chi connectivity index (χ0n) is 49.5. The fraction of sp³-hybridized carbons (Fsp3) is 0.429. The Balaban J connectivity index is 0.000000421. The molecule has 0 aliphatic carbocycles. The standard InChI is InChI=1S/C25H32Cl2FN3O3.C24H30Cl2FN3O3/c1-2-15-34-25(33)23(17-19-3-7-20(28)8-4-19)30-24(32)22(29)16-18-5-9-21(10-6-18)31(13-11-26)14-12-27;1-2-33-24(32)22(16-18-3-7-19(27)8-4-18)29-23(31)21(28)15-17-5-9-20(10-6-17)30(13-11-25)14-12-26/h3-10,22-23H,2,11-17,29H2,1H3,(H,30,32);3-10,21-22H,2,11-16,28H2,1H3,(H,29,31)/i2D2,9D,10D,15D2,22D;1D3,2D2,21D. The van der Waals surface area contributed by atoms with E-state index in [9.17, 15) is 28.0 Å². The largest absolute Gasteiger partial charge is 0.464 e. The van der Waals surface area contributed by atoms with Crippen LogP contribution < -0.4 is 31.9 Å². The molecule has 0 heterocycles. The summed E-state index contributed by atoms with van der Waals surface area (Å²) in [5.74, 6) is -4.81. The number of carbonyl (C=O) groups is 4. The molecule has 4 aromatic rings. The lowest BCUT2D eigenvalue weighted by atomic mass is 10.0. The molecule has 0 saturated heterocycles. The molecule has 4 unspecified atom stereocenters. The molecule has 366 valence electrons. The van der Waals surface area contributed by atoms with Gasteiger partial charge in [-0.25, -0.2) is 18.4 Å². The van der Waals surface area contributed by atoms with E-state index in [1.54, 1.807) is 29.2 Å². The van der Waals surface area contributed by atoms with Gasteiger partial charge in [0.15, 0.2) is 0 Å². The molecule has 12 nitrogen and oxygen atoms in total. The summed E-state index contributed by atoms with van der Waals surface area (Å²) in [4.78, 5) is 55.4. The number of rotatable bonds is 27. The molecule has 2 amide bonds. The van der Waals surface area contributed by atoms with Gasteiger partial charge in [-0.3, -0.25) is 9.59 Å². The SMILES string of the molecule is [2H]C(N)(Cc1ccc(N(CCCl)CCCl)cc1)C(=O)NC(Cc1ccc(F)cc1)C(=O)OC([2H])([2H])C([2H])([2H])[2H].[2H]c1cc(CC([2H])(N)C(=O)NC(Cc2ccc(F)cc2)C(=O)OC([2H])([2H])C([2H])([2H])C)cc([2H])c1N(CCCl)CCCl. The smallest absolute Gasteiger partial charge is 0.328 e. The van der Waals surface area contributed by atoms with Crippen molar-refractivity contribution < 1.29 is 55.3 Å². The number of amides is 2. The molecule has 0 fully saturated rings. The third-order valence-corrected chi connectivity index (χ3v) is 10.2. The van der Waals surface area contributed by atoms with Gasteiger partial charge in [-0.15, -0.1) is 46.4 Å². The predicted octanol–water partition coefficient (Wildman–Crippen LogP) is 6.93. The van der Waals surface area contributed by atoms with Crippen molar-refractivity contribution in [3.8, 4) is 0 Å². The number of esters is 2. The van der Waals surface area contributed by atoms with Gasteiger partial charge in [0.25, 0.3) is 0 Å². The first-order chi connectivity index (χ1) is 37.0. The summed E-state index contributed by atoms with van der Waals surface area (Å²) in [6, 6.07) is 11.4. The fourth-order valence-corrected chi connectivity index (χ4v) is 6.94. The van der Waals surface area contributed by atoms with E-state index in [1.807, 2.05) is 4.90 Å². The Bertz CT molecular complexity index is 2650. The number of carbonyl (C=O) groups excluding carboxylic acids is 4. The van der Waals surface area contributed by atoms with Gasteiger partial charge >= 0.3 is 11.9 Å². The second-order valence-corrected chi connectivity index (χ2v) is 15.8. The number of alkyl halides is 4. The Morgan fingerprint density at radius 3 is 1.40 bits per heavy atom. The average molecular weight is 1020 g/mol. The number of nitrogens with one attached hydrogen (secondary N) is 2. The molecule has 0 bridgehead atoms. The van der Waals surface area contributed by atoms with E-state index in [1.165, 1.54) is 36.4 Å². The Morgan fingerprint density at radius 1 is 0.627 bits per heavy atom. The van der Waals surface area contributed by atoms with Crippen LogP contribution in [0.1, 0.15) is 60.2 Å². The number of hydrogen-bond donors (Lipinski definition) is 4. The highest BCUT2D eigenvalue weighted by Gasteiger charge is 2.27. The van der Waals surface area contributed by atoms with E-state index in [4.69, 9.17) is 80.4 Å². The lowest BCUT2D eigenvalue weighted by Gasteiger charge is -2.23. The number of benzene rings is 4. The van der Waals surface area contributed by atoms with Crippen LogP contribution in [0.25, 0.3) is 0 Å². The molecular formula is C49H62Cl4F2N6O6. The molecule has 0 saturated carbocycles. The third kappa shape index (κ3) is 20.6. The summed E-state index contributed by atoms with van der Waals surface area (Å²) >= 11 is 23.4. The molecular weight excluding hydrogens is 948 g/mol. The normalized spacial score (nSPS) is 17.2. The van der Waals surface area contributed by atoms with Gasteiger partial charge < -0.3 is 41.4 Å². The van der Waals surface area contributed by atoms with Gasteiger partial charge in [0.1, 0.15) is 23.7 Å². The zero-order valence-corrected chi connectivity index (χ0v) is 39.5. The predicted molar refractivity (Wildman–Crippen MR) is 266 cm³/mol. The molecule has 0 aliphatic heterocycles. The minimum absolute atomic E-state index is 0.0622. The summed E-state index contributed by atoms with van der Waals surface area (Å²) < 4.78 is 137. The van der Waals surface area contributed by atoms with Crippen LogP contribution in [0.5, 0.6) is 0 Å². The fourth-order valence-electron chi connectivity index (χ4n) is 6.12. The maximum absolute atomic E-state index is 13.4. The van der Waals surface area contributed by atoms with E-state index in [0.717, 1.165) is 36.9 Å². The van der Waals surface area contributed by atoms with Crippen molar-refractivity contribution in [2.24, 2.45) is 11.5 Å². The molecule has 18 heteroatoms. The van der Waals surface area contributed by atoms with Crippen LogP contribution >= 0.6 is 46.4 Å². The highest BCUT2D eigenvalue weighted by Crippen LogP contribution is 2.19. The van der Waals surface area contributed by atoms with Crippen LogP contribution in [0, 0.1) is 11.6 Å². The molecule has 67 heavy (non-hydrogen) atoms. The third-order valence-electron chi connectivity index (χ3n) is 9.49. The minimum atomic E-state index is -3.35. The van der Waals surface area contributed by atoms with Crippen LogP contribution in [0.3, 0.4) is 0 Å². The van der Waals surface area contributed by atoms with Crippen molar-refractivity contribution >= 4 is 81.5 Å². The Labute approximate surface area is 431 Å². The van der Waals surface area contributed by atoms with Crippen LogP contribution in [-0.2, 0) is 54.3 Å². The number of halogens is 6. The monoisotopic (exact) mass is 1020 g/mol. The van der Waals surface area contributed by atoms with Crippen molar-refractivity contribution in [1.82, 2.24) is 10.6 Å². The quantitative estimate of drug-likeness (QED) is 0.0363.